The summed E-state index contributed by atoms with van der Waals surface area (Å²) in [6.45, 7) is 0. The van der Waals surface area contributed by atoms with Gasteiger partial charge in [0.05, 0.1) is 0 Å². The molecule has 0 amide bonds. The third-order valence-electron chi connectivity index (χ3n) is 0. The van der Waals surface area contributed by atoms with Crippen molar-refractivity contribution < 1.29 is 58.6 Å². The van der Waals surface area contributed by atoms with Gasteiger partial charge in [0.25, 0.3) is 0 Å². The molecule has 0 unspecified atom stereocenters. The Morgan fingerprint density at radius 3 is 1.29 bits per heavy atom. The van der Waals surface area contributed by atoms with E-state index in [4.69, 9.17) is 17.5 Å². The van der Waals surface area contributed by atoms with E-state index >= 15 is 0 Å². The Bertz CT molecular complexity index is 102. The summed E-state index contributed by atoms with van der Waals surface area (Å²) in [7, 11) is -4.67. The Labute approximate surface area is 105 Å². The van der Waals surface area contributed by atoms with E-state index in [1.165, 1.54) is 0 Å². The van der Waals surface area contributed by atoms with Crippen LogP contribution in [0, 0.1) is 38.2 Å². The molecule has 0 rings (SSSR count). The second-order valence-electron chi connectivity index (χ2n) is 0.448. The summed E-state index contributed by atoms with van der Waals surface area (Å²) in [6, 6.07) is 0. The second kappa shape index (κ2) is 6.52. The molecule has 0 bridgehead atoms. The predicted octanol–water partition coefficient (Wildman–Crippen LogP) is -0.809. The first-order valence-corrected chi connectivity index (χ1v) is 2.10. The van der Waals surface area contributed by atoms with E-state index in [9.17, 15) is 0 Å². The van der Waals surface area contributed by atoms with Gasteiger partial charge in [-0.15, -0.1) is 0 Å². The van der Waals surface area contributed by atoms with E-state index in [0.29, 0.717) is 0 Å². The fourth-order valence-corrected chi connectivity index (χ4v) is 0. The largest absolute Gasteiger partial charge is 2.00 e. The van der Waals surface area contributed by atoms with Gasteiger partial charge >= 0.3 is 48.1 Å². The standard InChI is InChI=1S/Ca.Dy.H2O4S.2H/c;;1-5(2,3)4;;/h;;(H2,1,2,3,4);;/q+2;;;2*-1. The average molecular weight is 303 g/mol. The summed E-state index contributed by atoms with van der Waals surface area (Å²) in [5.74, 6) is 0. The van der Waals surface area contributed by atoms with Gasteiger partial charge in [-0.05, 0) is 0 Å². The minimum absolute atomic E-state index is 0. The molecule has 0 atom stereocenters. The van der Waals surface area contributed by atoms with E-state index in [1.807, 2.05) is 0 Å². The van der Waals surface area contributed by atoms with Crippen molar-refractivity contribution in [3.8, 4) is 0 Å². The molecule has 0 aromatic heterocycles. The number of hydrogen-bond donors (Lipinski definition) is 2. The molecule has 0 aliphatic carbocycles. The molecule has 0 aromatic carbocycles. The maximum absolute atomic E-state index is 8.74. The molecule has 0 aliphatic rings. The molecular formula is H4CaDyO4S. The normalized spacial score (nSPS) is 8.29. The molecule has 46 valence electrons. The summed E-state index contributed by atoms with van der Waals surface area (Å²) in [5, 5.41) is 0. The maximum atomic E-state index is 8.74. The Morgan fingerprint density at radius 1 is 1.29 bits per heavy atom. The van der Waals surface area contributed by atoms with E-state index < -0.39 is 10.4 Å². The smallest absolute Gasteiger partial charge is 1.00 e. The first-order valence-electron chi connectivity index (χ1n) is 0.698. The second-order valence-corrected chi connectivity index (χ2v) is 1.34. The van der Waals surface area contributed by atoms with Crippen molar-refractivity contribution in [1.29, 1.82) is 0 Å². The van der Waals surface area contributed by atoms with Gasteiger partial charge in [0.15, 0.2) is 0 Å². The Kier molecular flexibility index (Phi) is 15.1. The van der Waals surface area contributed by atoms with Gasteiger partial charge in [-0.2, -0.15) is 8.42 Å². The van der Waals surface area contributed by atoms with Crippen molar-refractivity contribution in [3.05, 3.63) is 0 Å². The zero-order valence-electron chi connectivity index (χ0n) is 5.14. The monoisotopic (exact) mass is 304 g/mol. The van der Waals surface area contributed by atoms with Gasteiger partial charge in [0, 0.05) is 38.2 Å². The number of hydrogen-bond acceptors (Lipinski definition) is 2. The molecule has 7 heavy (non-hydrogen) atoms. The van der Waals surface area contributed by atoms with Crippen molar-refractivity contribution in [2.24, 2.45) is 0 Å². The third kappa shape index (κ3) is 59.7. The van der Waals surface area contributed by atoms with Gasteiger partial charge in [-0.1, -0.05) is 0 Å². The zero-order chi connectivity index (χ0) is 4.50. The van der Waals surface area contributed by atoms with Gasteiger partial charge in [0.1, 0.15) is 0 Å². The van der Waals surface area contributed by atoms with Gasteiger partial charge in [-0.25, -0.2) is 0 Å². The van der Waals surface area contributed by atoms with Crippen molar-refractivity contribution in [2.75, 3.05) is 0 Å². The van der Waals surface area contributed by atoms with Crippen LogP contribution in [0.3, 0.4) is 0 Å². The molecular weight excluding hydrogens is 299 g/mol. The van der Waals surface area contributed by atoms with Crippen LogP contribution in [0.4, 0.5) is 0 Å². The van der Waals surface area contributed by atoms with Crippen LogP contribution in [-0.2, 0) is 10.4 Å². The van der Waals surface area contributed by atoms with Crippen molar-refractivity contribution >= 4 is 48.1 Å². The van der Waals surface area contributed by atoms with E-state index in [0.717, 1.165) is 0 Å². The van der Waals surface area contributed by atoms with Crippen LogP contribution in [0.15, 0.2) is 0 Å². The maximum Gasteiger partial charge on any atom is 2.00 e. The molecule has 0 spiro atoms. The Balaban J connectivity index is -0.0000000133. The van der Waals surface area contributed by atoms with Crippen LogP contribution in [-0.4, -0.2) is 55.3 Å². The topological polar surface area (TPSA) is 74.6 Å². The molecule has 0 saturated heterocycles. The molecule has 0 radical (unpaired) electrons. The molecule has 0 aromatic rings. The summed E-state index contributed by atoms with van der Waals surface area (Å²) in [5.41, 5.74) is 0. The van der Waals surface area contributed by atoms with Crippen LogP contribution in [0.5, 0.6) is 0 Å². The SMILES string of the molecule is O=S(=O)(O)O.[Ca+2].[Dy].[H-].[H-]. The van der Waals surface area contributed by atoms with Crippen LogP contribution < -0.4 is 0 Å². The van der Waals surface area contributed by atoms with Crippen molar-refractivity contribution in [1.82, 2.24) is 0 Å². The van der Waals surface area contributed by atoms with Crippen molar-refractivity contribution in [2.45, 2.75) is 0 Å². The van der Waals surface area contributed by atoms with E-state index in [2.05, 4.69) is 0 Å². The summed E-state index contributed by atoms with van der Waals surface area (Å²) >= 11 is 0. The Morgan fingerprint density at radius 2 is 1.29 bits per heavy atom. The molecule has 0 saturated carbocycles. The molecule has 7 heteroatoms. The molecule has 0 heterocycles. The molecule has 0 aliphatic heterocycles. The van der Waals surface area contributed by atoms with E-state index in [1.54, 1.807) is 0 Å². The molecule has 2 N–H and O–H groups in total. The van der Waals surface area contributed by atoms with E-state index in [-0.39, 0.29) is 78.8 Å². The van der Waals surface area contributed by atoms with Crippen LogP contribution in [0.2, 0.25) is 0 Å². The van der Waals surface area contributed by atoms with Crippen LogP contribution in [0.1, 0.15) is 2.85 Å². The Hall–Kier alpha value is 2.40. The first-order chi connectivity index (χ1) is 2.00. The fraction of sp³-hybridized carbons (Fsp3) is 0. The third-order valence-corrected chi connectivity index (χ3v) is 0. The van der Waals surface area contributed by atoms with Gasteiger partial charge < -0.3 is 2.85 Å². The minimum Gasteiger partial charge on any atom is -1.00 e. The summed E-state index contributed by atoms with van der Waals surface area (Å²) < 4.78 is 31.6. The van der Waals surface area contributed by atoms with Crippen molar-refractivity contribution in [3.63, 3.8) is 0 Å². The fourth-order valence-electron chi connectivity index (χ4n) is 0. The van der Waals surface area contributed by atoms with Crippen LogP contribution in [0.25, 0.3) is 0 Å². The van der Waals surface area contributed by atoms with Gasteiger partial charge in [-0.3, -0.25) is 9.11 Å². The zero-order valence-corrected chi connectivity index (χ0v) is 8.20. The number of rotatable bonds is 0. The average Bonchev–Trinajstić information content (AvgIpc) is 0.722. The molecule has 0 fully saturated rings. The molecule has 4 nitrogen and oxygen atoms in total. The minimum atomic E-state index is -4.67. The first kappa shape index (κ1) is 16.2. The predicted molar refractivity (Wildman–Crippen MR) is 22.2 cm³/mol. The summed E-state index contributed by atoms with van der Waals surface area (Å²) in [4.78, 5) is 0. The van der Waals surface area contributed by atoms with Gasteiger partial charge in [0.2, 0.25) is 0 Å². The quantitative estimate of drug-likeness (QED) is 0.453. The summed E-state index contributed by atoms with van der Waals surface area (Å²) in [6.07, 6.45) is 0. The van der Waals surface area contributed by atoms with Crippen LogP contribution >= 0.6 is 0 Å².